The zero-order chi connectivity index (χ0) is 16.7. The fraction of sp³-hybridized carbons (Fsp3) is 0.444. The molecule has 23 heavy (non-hydrogen) atoms. The molecular weight excluding hydrogens is 356 g/mol. The number of rotatable bonds is 6. The molecule has 0 atom stereocenters. The molecule has 1 N–H and O–H groups in total. The second-order valence-corrected chi connectivity index (χ2v) is 6.62. The van der Waals surface area contributed by atoms with Crippen molar-refractivity contribution in [2.45, 2.75) is 39.0 Å². The molecule has 124 valence electrons. The lowest BCUT2D eigenvalue weighted by molar-refractivity contribution is -0.123. The fourth-order valence-electron chi connectivity index (χ4n) is 2.73. The number of amides is 2. The Morgan fingerprint density at radius 2 is 2.04 bits per heavy atom. The Hall–Kier alpha value is -1.62. The molecule has 0 saturated heterocycles. The van der Waals surface area contributed by atoms with E-state index in [-0.39, 0.29) is 18.4 Å². The summed E-state index contributed by atoms with van der Waals surface area (Å²) < 4.78 is 0.801. The van der Waals surface area contributed by atoms with E-state index in [0.29, 0.717) is 12.2 Å². The summed E-state index contributed by atoms with van der Waals surface area (Å²) in [5.74, 6) is -0.283. The van der Waals surface area contributed by atoms with Gasteiger partial charge in [-0.25, -0.2) is 0 Å². The highest BCUT2D eigenvalue weighted by molar-refractivity contribution is 9.10. The predicted octanol–water partition coefficient (Wildman–Crippen LogP) is 3.81. The number of nitrogens with zero attached hydrogens (tertiary/aromatic N) is 1. The van der Waals surface area contributed by atoms with Crippen molar-refractivity contribution < 1.29 is 9.59 Å². The van der Waals surface area contributed by atoms with E-state index in [1.54, 1.807) is 0 Å². The van der Waals surface area contributed by atoms with Crippen LogP contribution in [-0.2, 0) is 9.59 Å². The summed E-state index contributed by atoms with van der Waals surface area (Å²) >= 11 is 3.43. The second-order valence-electron chi connectivity index (χ2n) is 5.76. The van der Waals surface area contributed by atoms with E-state index in [1.165, 1.54) is 30.2 Å². The Morgan fingerprint density at radius 1 is 1.26 bits per heavy atom. The zero-order valence-corrected chi connectivity index (χ0v) is 15.1. The Labute approximate surface area is 146 Å². The molecule has 0 bridgehead atoms. The normalized spacial score (nSPS) is 14.1. The van der Waals surface area contributed by atoms with Gasteiger partial charge in [0.25, 0.3) is 0 Å². The van der Waals surface area contributed by atoms with E-state index in [2.05, 4.69) is 27.3 Å². The van der Waals surface area contributed by atoms with Crippen LogP contribution in [0.5, 0.6) is 0 Å². The maximum absolute atomic E-state index is 12.1. The van der Waals surface area contributed by atoms with Crippen molar-refractivity contribution in [2.24, 2.45) is 0 Å². The van der Waals surface area contributed by atoms with Crippen LogP contribution in [0, 0.1) is 0 Å². The average molecular weight is 379 g/mol. The van der Waals surface area contributed by atoms with Crippen molar-refractivity contribution in [3.05, 3.63) is 40.4 Å². The Bertz CT molecular complexity index is 598. The summed E-state index contributed by atoms with van der Waals surface area (Å²) in [4.78, 5) is 25.5. The Kier molecular flexibility index (Phi) is 6.84. The van der Waals surface area contributed by atoms with Crippen molar-refractivity contribution in [1.82, 2.24) is 5.32 Å². The second kappa shape index (κ2) is 8.87. The van der Waals surface area contributed by atoms with Crippen LogP contribution in [0.1, 0.15) is 39.0 Å². The Balaban J connectivity index is 1.87. The summed E-state index contributed by atoms with van der Waals surface area (Å²) in [6.07, 6.45) is 8.02. The van der Waals surface area contributed by atoms with Crippen LogP contribution in [0.3, 0.4) is 0 Å². The van der Waals surface area contributed by atoms with Gasteiger partial charge < -0.3 is 10.2 Å². The van der Waals surface area contributed by atoms with Gasteiger partial charge >= 0.3 is 0 Å². The van der Waals surface area contributed by atoms with Gasteiger partial charge in [0.05, 0.1) is 5.69 Å². The third-order valence-corrected chi connectivity index (χ3v) is 4.65. The van der Waals surface area contributed by atoms with Crippen LogP contribution in [0.2, 0.25) is 0 Å². The van der Waals surface area contributed by atoms with Crippen LogP contribution in [0.15, 0.2) is 40.4 Å². The lowest BCUT2D eigenvalue weighted by atomic mass is 9.97. The number of nitrogens with one attached hydrogen (secondary N) is 1. The predicted molar refractivity (Wildman–Crippen MR) is 96.3 cm³/mol. The molecule has 2 amide bonds. The van der Waals surface area contributed by atoms with Crippen LogP contribution in [0.4, 0.5) is 5.69 Å². The summed E-state index contributed by atoms with van der Waals surface area (Å²) in [6, 6.07) is 7.41. The molecule has 0 saturated carbocycles. The third-order valence-electron chi connectivity index (χ3n) is 3.98. The number of carbonyl (C=O) groups is 2. The first-order chi connectivity index (χ1) is 11.1. The smallest absolute Gasteiger partial charge is 0.240 e. The average Bonchev–Trinajstić information content (AvgIpc) is 2.54. The lowest BCUT2D eigenvalue weighted by Crippen LogP contribution is -2.40. The van der Waals surface area contributed by atoms with Gasteiger partial charge in [0.2, 0.25) is 11.8 Å². The molecule has 1 aromatic carbocycles. The largest absolute Gasteiger partial charge is 0.354 e. The number of anilines is 1. The van der Waals surface area contributed by atoms with Crippen LogP contribution < -0.4 is 10.2 Å². The topological polar surface area (TPSA) is 49.4 Å². The van der Waals surface area contributed by atoms with Gasteiger partial charge in [-0.3, -0.25) is 9.59 Å². The molecule has 0 spiro atoms. The van der Waals surface area contributed by atoms with Crippen molar-refractivity contribution in [2.75, 3.05) is 18.0 Å². The summed E-state index contributed by atoms with van der Waals surface area (Å²) in [6.45, 7) is 2.14. The molecule has 0 aliphatic heterocycles. The minimum Gasteiger partial charge on any atom is -0.354 e. The van der Waals surface area contributed by atoms with Gasteiger partial charge in [-0.2, -0.15) is 0 Å². The van der Waals surface area contributed by atoms with Crippen LogP contribution in [-0.4, -0.2) is 24.9 Å². The molecule has 5 heteroatoms. The lowest BCUT2D eigenvalue weighted by Gasteiger charge is -2.22. The highest BCUT2D eigenvalue weighted by Crippen LogP contribution is 2.25. The van der Waals surface area contributed by atoms with E-state index >= 15 is 0 Å². The molecule has 0 aromatic heterocycles. The molecule has 0 heterocycles. The molecule has 0 fully saturated rings. The van der Waals surface area contributed by atoms with E-state index in [4.69, 9.17) is 0 Å². The van der Waals surface area contributed by atoms with E-state index < -0.39 is 0 Å². The van der Waals surface area contributed by atoms with Crippen LogP contribution >= 0.6 is 15.9 Å². The van der Waals surface area contributed by atoms with E-state index in [1.807, 2.05) is 24.3 Å². The monoisotopic (exact) mass is 378 g/mol. The SMILES string of the molecule is CC(=O)N(CC(=O)NCCC1=CCCCC1)c1ccccc1Br. The highest BCUT2D eigenvalue weighted by Gasteiger charge is 2.17. The van der Waals surface area contributed by atoms with Crippen molar-refractivity contribution in [3.8, 4) is 0 Å². The van der Waals surface area contributed by atoms with Gasteiger partial charge in [-0.15, -0.1) is 0 Å². The fourth-order valence-corrected chi connectivity index (χ4v) is 3.23. The molecular formula is C18H23BrN2O2. The van der Waals surface area contributed by atoms with Gasteiger partial charge in [0.1, 0.15) is 6.54 Å². The Morgan fingerprint density at radius 3 is 2.70 bits per heavy atom. The molecule has 4 nitrogen and oxygen atoms in total. The van der Waals surface area contributed by atoms with Crippen molar-refractivity contribution in [1.29, 1.82) is 0 Å². The first-order valence-electron chi connectivity index (χ1n) is 8.05. The molecule has 0 radical (unpaired) electrons. The summed E-state index contributed by atoms with van der Waals surface area (Å²) in [7, 11) is 0. The van der Waals surface area contributed by atoms with Crippen LogP contribution in [0.25, 0.3) is 0 Å². The number of allylic oxidation sites excluding steroid dienone is 1. The number of halogens is 1. The first-order valence-corrected chi connectivity index (χ1v) is 8.84. The third kappa shape index (κ3) is 5.50. The van der Waals surface area contributed by atoms with E-state index in [9.17, 15) is 9.59 Å². The molecule has 1 aromatic rings. The number of hydrogen-bond donors (Lipinski definition) is 1. The zero-order valence-electron chi connectivity index (χ0n) is 13.5. The van der Waals surface area contributed by atoms with Crippen molar-refractivity contribution >= 4 is 33.4 Å². The molecule has 1 aliphatic rings. The highest BCUT2D eigenvalue weighted by atomic mass is 79.9. The maximum atomic E-state index is 12.1. The number of hydrogen-bond acceptors (Lipinski definition) is 2. The summed E-state index contributed by atoms with van der Waals surface area (Å²) in [5.41, 5.74) is 2.15. The van der Waals surface area contributed by atoms with Crippen molar-refractivity contribution in [3.63, 3.8) is 0 Å². The summed E-state index contributed by atoms with van der Waals surface area (Å²) in [5, 5.41) is 2.92. The quantitative estimate of drug-likeness (QED) is 0.765. The minimum atomic E-state index is -0.151. The maximum Gasteiger partial charge on any atom is 0.240 e. The van der Waals surface area contributed by atoms with Gasteiger partial charge in [-0.1, -0.05) is 23.8 Å². The molecule has 1 aliphatic carbocycles. The standard InChI is InChI=1S/C18H23BrN2O2/c1-14(22)21(17-10-6-5-9-16(17)19)13-18(23)20-12-11-15-7-3-2-4-8-15/h5-7,9-10H,2-4,8,11-13H2,1H3,(H,20,23). The minimum absolute atomic E-state index is 0.0387. The van der Waals surface area contributed by atoms with E-state index in [0.717, 1.165) is 23.7 Å². The number of para-hydroxylation sites is 1. The molecule has 0 unspecified atom stereocenters. The van der Waals surface area contributed by atoms with Gasteiger partial charge in [0.15, 0.2) is 0 Å². The van der Waals surface area contributed by atoms with Gasteiger partial charge in [-0.05, 0) is 60.2 Å². The first kappa shape index (κ1) is 17.7. The van der Waals surface area contributed by atoms with Gasteiger partial charge in [0, 0.05) is 17.9 Å². The number of carbonyl (C=O) groups excluding carboxylic acids is 2. The number of benzene rings is 1. The molecule has 2 rings (SSSR count).